The fourth-order valence-corrected chi connectivity index (χ4v) is 4.07. The van der Waals surface area contributed by atoms with Crippen LogP contribution in [0.1, 0.15) is 32.1 Å². The molecule has 1 aromatic carbocycles. The van der Waals surface area contributed by atoms with Crippen molar-refractivity contribution in [2.24, 2.45) is 5.92 Å². The van der Waals surface area contributed by atoms with Crippen molar-refractivity contribution >= 4 is 34.9 Å². The summed E-state index contributed by atoms with van der Waals surface area (Å²) in [5.74, 6) is -1.32. The van der Waals surface area contributed by atoms with E-state index in [2.05, 4.69) is 10.2 Å². The van der Waals surface area contributed by atoms with Crippen molar-refractivity contribution < 1.29 is 14.4 Å². The first-order valence-electron chi connectivity index (χ1n) is 9.65. The summed E-state index contributed by atoms with van der Waals surface area (Å²) in [6, 6.07) is 7.66. The number of nitrogens with one attached hydrogen (secondary N) is 1. The summed E-state index contributed by atoms with van der Waals surface area (Å²) in [6.45, 7) is 2.38. The van der Waals surface area contributed by atoms with Crippen molar-refractivity contribution in [3.05, 3.63) is 29.3 Å². The van der Waals surface area contributed by atoms with E-state index in [4.69, 9.17) is 11.6 Å². The predicted octanol–water partition coefficient (Wildman–Crippen LogP) is 2.25. The Balaban J connectivity index is 1.43. The molecule has 0 atom stereocenters. The fraction of sp³-hybridized carbons (Fsp3) is 0.550. The molecule has 1 heterocycles. The van der Waals surface area contributed by atoms with Gasteiger partial charge in [-0.1, -0.05) is 43.0 Å². The summed E-state index contributed by atoms with van der Waals surface area (Å²) in [7, 11) is 0. The maximum atomic E-state index is 12.4. The number of hydrogen-bond donors (Lipinski definition) is 1. The molecule has 3 rings (SSSR count). The molecular weight excluding hydrogens is 366 g/mol. The van der Waals surface area contributed by atoms with Crippen LogP contribution in [0.4, 0.5) is 5.69 Å². The van der Waals surface area contributed by atoms with E-state index in [9.17, 15) is 14.4 Å². The third-order valence-electron chi connectivity index (χ3n) is 5.43. The maximum absolute atomic E-state index is 12.4. The molecule has 27 heavy (non-hydrogen) atoms. The van der Waals surface area contributed by atoms with E-state index >= 15 is 0 Å². The number of para-hydroxylation sites is 1. The van der Waals surface area contributed by atoms with Gasteiger partial charge in [0.1, 0.15) is 0 Å². The van der Waals surface area contributed by atoms with Gasteiger partial charge in [-0.05, 0) is 25.0 Å². The minimum absolute atomic E-state index is 0.122. The zero-order valence-corrected chi connectivity index (χ0v) is 16.2. The second-order valence-corrected chi connectivity index (χ2v) is 7.61. The Labute approximate surface area is 164 Å². The number of nitrogens with zero attached hydrogens (tertiary/aromatic N) is 2. The van der Waals surface area contributed by atoms with E-state index in [1.165, 1.54) is 0 Å². The van der Waals surface area contributed by atoms with E-state index in [1.807, 2.05) is 24.3 Å². The normalized spacial score (nSPS) is 18.3. The molecule has 2 fully saturated rings. The molecule has 2 amide bonds. The Hall–Kier alpha value is -2.08. The highest BCUT2D eigenvalue weighted by molar-refractivity contribution is 6.37. The lowest BCUT2D eigenvalue weighted by Crippen LogP contribution is -2.52. The number of piperazine rings is 1. The van der Waals surface area contributed by atoms with Crippen LogP contribution in [0.5, 0.6) is 0 Å². The molecule has 0 bridgehead atoms. The molecule has 0 radical (unpaired) electrons. The van der Waals surface area contributed by atoms with Crippen molar-refractivity contribution in [1.82, 2.24) is 10.2 Å². The third-order valence-corrected chi connectivity index (χ3v) is 5.75. The molecule has 1 saturated carbocycles. The highest BCUT2D eigenvalue weighted by Gasteiger charge is 2.28. The summed E-state index contributed by atoms with van der Waals surface area (Å²) >= 11 is 6.23. The monoisotopic (exact) mass is 391 g/mol. The van der Waals surface area contributed by atoms with Crippen LogP contribution in [0.2, 0.25) is 5.02 Å². The Morgan fingerprint density at radius 3 is 2.33 bits per heavy atom. The molecule has 1 N–H and O–H groups in total. The van der Waals surface area contributed by atoms with Gasteiger partial charge in [0.05, 0.1) is 17.3 Å². The van der Waals surface area contributed by atoms with Crippen LogP contribution in [-0.4, -0.2) is 55.2 Å². The van der Waals surface area contributed by atoms with Gasteiger partial charge < -0.3 is 15.1 Å². The zero-order valence-electron chi connectivity index (χ0n) is 15.5. The number of carbonyl (C=O) groups excluding carboxylic acids is 3. The van der Waals surface area contributed by atoms with Crippen molar-refractivity contribution in [3.8, 4) is 0 Å². The van der Waals surface area contributed by atoms with E-state index < -0.39 is 5.91 Å². The first-order valence-corrected chi connectivity index (χ1v) is 10.0. The van der Waals surface area contributed by atoms with Gasteiger partial charge in [-0.25, -0.2) is 0 Å². The largest absolute Gasteiger partial charge is 0.367 e. The molecule has 6 nitrogen and oxygen atoms in total. The first kappa shape index (κ1) is 19.7. The lowest BCUT2D eigenvalue weighted by molar-refractivity contribution is -0.142. The van der Waals surface area contributed by atoms with Gasteiger partial charge in [0.25, 0.3) is 5.91 Å². The van der Waals surface area contributed by atoms with Crippen LogP contribution < -0.4 is 10.2 Å². The summed E-state index contributed by atoms with van der Waals surface area (Å²) in [4.78, 5) is 40.5. The molecular formula is C20H26ClN3O3. The summed E-state index contributed by atoms with van der Waals surface area (Å²) in [5.41, 5.74) is 0.970. The summed E-state index contributed by atoms with van der Waals surface area (Å²) < 4.78 is 0. The van der Waals surface area contributed by atoms with Crippen LogP contribution in [-0.2, 0) is 14.4 Å². The number of Topliss-reactive ketones (excluding diaryl/α,β-unsaturated/α-hetero) is 1. The minimum Gasteiger partial charge on any atom is -0.367 e. The number of ketones is 1. The standard InChI is InChI=1S/C20H26ClN3O3/c21-16-8-4-5-9-17(16)23-10-12-24(13-11-23)18(25)14-22-20(27)19(26)15-6-2-1-3-7-15/h4-5,8-9,15H,1-3,6-7,10-14H2,(H,22,27). The topological polar surface area (TPSA) is 69.7 Å². The van der Waals surface area contributed by atoms with Crippen molar-refractivity contribution in [2.45, 2.75) is 32.1 Å². The van der Waals surface area contributed by atoms with Gasteiger partial charge in [0, 0.05) is 32.1 Å². The van der Waals surface area contributed by atoms with E-state index in [-0.39, 0.29) is 24.2 Å². The van der Waals surface area contributed by atoms with Gasteiger partial charge in [-0.2, -0.15) is 0 Å². The van der Waals surface area contributed by atoms with Crippen LogP contribution >= 0.6 is 11.6 Å². The predicted molar refractivity (Wildman–Crippen MR) is 105 cm³/mol. The third kappa shape index (κ3) is 5.01. The molecule has 7 heteroatoms. The lowest BCUT2D eigenvalue weighted by Gasteiger charge is -2.36. The van der Waals surface area contributed by atoms with E-state index in [0.717, 1.165) is 37.8 Å². The van der Waals surface area contributed by atoms with Gasteiger partial charge in [0.15, 0.2) is 0 Å². The van der Waals surface area contributed by atoms with Crippen molar-refractivity contribution in [2.75, 3.05) is 37.6 Å². The number of carbonyl (C=O) groups is 3. The Morgan fingerprint density at radius 1 is 1.00 bits per heavy atom. The minimum atomic E-state index is -0.620. The molecule has 0 spiro atoms. The Kier molecular flexibility index (Phi) is 6.72. The van der Waals surface area contributed by atoms with Crippen molar-refractivity contribution in [1.29, 1.82) is 0 Å². The maximum Gasteiger partial charge on any atom is 0.288 e. The van der Waals surface area contributed by atoms with E-state index in [1.54, 1.807) is 4.90 Å². The van der Waals surface area contributed by atoms with Gasteiger partial charge >= 0.3 is 0 Å². The molecule has 0 unspecified atom stereocenters. The van der Waals surface area contributed by atoms with Crippen LogP contribution in [0.3, 0.4) is 0 Å². The summed E-state index contributed by atoms with van der Waals surface area (Å²) in [6.07, 6.45) is 4.69. The number of hydrogen-bond acceptors (Lipinski definition) is 4. The Bertz CT molecular complexity index is 695. The van der Waals surface area contributed by atoms with Gasteiger partial charge in [-0.3, -0.25) is 14.4 Å². The highest BCUT2D eigenvalue weighted by atomic mass is 35.5. The lowest BCUT2D eigenvalue weighted by atomic mass is 9.86. The molecule has 0 aromatic heterocycles. The van der Waals surface area contributed by atoms with Crippen LogP contribution in [0, 0.1) is 5.92 Å². The molecule has 1 aromatic rings. The number of amides is 2. The van der Waals surface area contributed by atoms with Crippen LogP contribution in [0.25, 0.3) is 0 Å². The Morgan fingerprint density at radius 2 is 1.67 bits per heavy atom. The molecule has 1 aliphatic heterocycles. The molecule has 146 valence electrons. The van der Waals surface area contributed by atoms with E-state index in [0.29, 0.717) is 31.2 Å². The fourth-order valence-electron chi connectivity index (χ4n) is 3.81. The van der Waals surface area contributed by atoms with Gasteiger partial charge in [0.2, 0.25) is 11.7 Å². The summed E-state index contributed by atoms with van der Waals surface area (Å²) in [5, 5.41) is 3.21. The highest BCUT2D eigenvalue weighted by Crippen LogP contribution is 2.26. The first-order chi connectivity index (χ1) is 13.1. The average Bonchev–Trinajstić information content (AvgIpc) is 2.72. The van der Waals surface area contributed by atoms with Gasteiger partial charge in [-0.15, -0.1) is 0 Å². The average molecular weight is 392 g/mol. The second-order valence-electron chi connectivity index (χ2n) is 7.20. The SMILES string of the molecule is O=C(NCC(=O)N1CCN(c2ccccc2Cl)CC1)C(=O)C1CCCCC1. The number of rotatable bonds is 5. The van der Waals surface area contributed by atoms with Crippen LogP contribution in [0.15, 0.2) is 24.3 Å². The quantitative estimate of drug-likeness (QED) is 0.781. The number of anilines is 1. The molecule has 1 saturated heterocycles. The number of halogens is 1. The molecule has 1 aliphatic carbocycles. The smallest absolute Gasteiger partial charge is 0.288 e. The van der Waals surface area contributed by atoms with Crippen molar-refractivity contribution in [3.63, 3.8) is 0 Å². The second kappa shape index (κ2) is 9.22. The zero-order chi connectivity index (χ0) is 19.2. The number of benzene rings is 1. The molecule has 2 aliphatic rings.